The molecule has 2 aromatic rings. The van der Waals surface area contributed by atoms with Crippen LogP contribution in [-0.2, 0) is 0 Å². The lowest BCUT2D eigenvalue weighted by molar-refractivity contribution is -0.0498. The molecule has 132 valence electrons. The van der Waals surface area contributed by atoms with Gasteiger partial charge in [-0.05, 0) is 73.3 Å². The standard InChI is InChI=1S/C16H16F2N4OS2/c1-10-3-2-4-12(9-10)20-16(25)22-21-15(24)19-11-5-7-13(8-6-11)23-14(17)18/h2-9,14H,1H3,(H2,19,21,24)(H2,20,22,25). The zero-order valence-corrected chi connectivity index (χ0v) is 14.8. The molecule has 0 heterocycles. The molecule has 0 saturated heterocycles. The molecule has 0 fully saturated rings. The van der Waals surface area contributed by atoms with Gasteiger partial charge in [-0.1, -0.05) is 12.1 Å². The molecule has 25 heavy (non-hydrogen) atoms. The Morgan fingerprint density at radius 3 is 2.08 bits per heavy atom. The van der Waals surface area contributed by atoms with Crippen LogP contribution in [0.1, 0.15) is 5.56 Å². The number of hydrogen-bond acceptors (Lipinski definition) is 3. The average molecular weight is 382 g/mol. The Balaban J connectivity index is 1.77. The fourth-order valence-corrected chi connectivity index (χ4v) is 2.22. The Morgan fingerprint density at radius 2 is 1.52 bits per heavy atom. The van der Waals surface area contributed by atoms with Gasteiger partial charge in [0.05, 0.1) is 0 Å². The molecule has 0 saturated carbocycles. The second-order valence-electron chi connectivity index (χ2n) is 4.93. The summed E-state index contributed by atoms with van der Waals surface area (Å²) in [5.41, 5.74) is 8.05. The number of halogens is 2. The van der Waals surface area contributed by atoms with E-state index in [4.69, 9.17) is 24.4 Å². The van der Waals surface area contributed by atoms with E-state index in [0.29, 0.717) is 10.8 Å². The lowest BCUT2D eigenvalue weighted by Gasteiger charge is -2.14. The fourth-order valence-electron chi connectivity index (χ4n) is 1.88. The Kier molecular flexibility index (Phi) is 6.84. The number of hydrazine groups is 1. The van der Waals surface area contributed by atoms with E-state index in [0.717, 1.165) is 11.3 Å². The van der Waals surface area contributed by atoms with Gasteiger partial charge in [0.2, 0.25) is 0 Å². The number of rotatable bonds is 4. The van der Waals surface area contributed by atoms with Gasteiger partial charge in [-0.25, -0.2) is 0 Å². The molecular formula is C16H16F2N4OS2. The van der Waals surface area contributed by atoms with Crippen LogP contribution in [0.3, 0.4) is 0 Å². The summed E-state index contributed by atoms with van der Waals surface area (Å²) in [6.45, 7) is -0.871. The van der Waals surface area contributed by atoms with Crippen LogP contribution in [-0.4, -0.2) is 16.8 Å². The van der Waals surface area contributed by atoms with Crippen LogP contribution in [0.5, 0.6) is 5.75 Å². The Bertz CT molecular complexity index is 741. The highest BCUT2D eigenvalue weighted by Crippen LogP contribution is 2.17. The summed E-state index contributed by atoms with van der Waals surface area (Å²) in [6.07, 6.45) is 0. The first-order valence-electron chi connectivity index (χ1n) is 7.18. The molecule has 2 aromatic carbocycles. The predicted octanol–water partition coefficient (Wildman–Crippen LogP) is 3.78. The highest BCUT2D eigenvalue weighted by Gasteiger charge is 2.04. The van der Waals surface area contributed by atoms with Crippen LogP contribution in [0.25, 0.3) is 0 Å². The highest BCUT2D eigenvalue weighted by atomic mass is 32.1. The minimum absolute atomic E-state index is 0.0704. The van der Waals surface area contributed by atoms with Crippen LogP contribution < -0.4 is 26.2 Å². The average Bonchev–Trinajstić information content (AvgIpc) is 2.54. The van der Waals surface area contributed by atoms with Crippen molar-refractivity contribution in [3.8, 4) is 5.75 Å². The van der Waals surface area contributed by atoms with Gasteiger partial charge in [-0.2, -0.15) is 8.78 Å². The summed E-state index contributed by atoms with van der Waals surface area (Å²) in [4.78, 5) is 0. The molecule has 5 nitrogen and oxygen atoms in total. The van der Waals surface area contributed by atoms with Crippen molar-refractivity contribution in [2.45, 2.75) is 13.5 Å². The quantitative estimate of drug-likeness (QED) is 0.474. The molecular weight excluding hydrogens is 366 g/mol. The molecule has 0 aliphatic carbocycles. The molecule has 4 N–H and O–H groups in total. The number of ether oxygens (including phenoxy) is 1. The summed E-state index contributed by atoms with van der Waals surface area (Å²) < 4.78 is 28.5. The second-order valence-corrected chi connectivity index (χ2v) is 5.75. The van der Waals surface area contributed by atoms with Crippen LogP contribution in [0.2, 0.25) is 0 Å². The minimum Gasteiger partial charge on any atom is -0.435 e. The van der Waals surface area contributed by atoms with E-state index in [-0.39, 0.29) is 10.9 Å². The monoisotopic (exact) mass is 382 g/mol. The topological polar surface area (TPSA) is 57.3 Å². The minimum atomic E-state index is -2.85. The van der Waals surface area contributed by atoms with Gasteiger partial charge in [-0.3, -0.25) is 10.9 Å². The lowest BCUT2D eigenvalue weighted by atomic mass is 10.2. The summed E-state index contributed by atoms with van der Waals surface area (Å²) in [5, 5.41) is 6.49. The molecule has 0 unspecified atom stereocenters. The Labute approximate surface area is 154 Å². The third-order valence-electron chi connectivity index (χ3n) is 2.90. The highest BCUT2D eigenvalue weighted by molar-refractivity contribution is 7.81. The number of nitrogens with one attached hydrogen (secondary N) is 4. The summed E-state index contributed by atoms with van der Waals surface area (Å²) in [6, 6.07) is 13.7. The van der Waals surface area contributed by atoms with Crippen molar-refractivity contribution < 1.29 is 13.5 Å². The van der Waals surface area contributed by atoms with Crippen LogP contribution >= 0.6 is 24.4 Å². The first kappa shape index (κ1) is 18.8. The summed E-state index contributed by atoms with van der Waals surface area (Å²) in [5.74, 6) is 0.0704. The van der Waals surface area contributed by atoms with Gasteiger partial charge >= 0.3 is 6.61 Å². The van der Waals surface area contributed by atoms with E-state index in [1.807, 2.05) is 31.2 Å². The van der Waals surface area contributed by atoms with E-state index >= 15 is 0 Å². The van der Waals surface area contributed by atoms with Crippen LogP contribution in [0, 0.1) is 6.92 Å². The summed E-state index contributed by atoms with van der Waals surface area (Å²) in [7, 11) is 0. The SMILES string of the molecule is Cc1cccc(NC(=S)NNC(=S)Nc2ccc(OC(F)F)cc2)c1. The number of alkyl halides is 2. The number of benzene rings is 2. The largest absolute Gasteiger partial charge is 0.435 e. The van der Waals surface area contributed by atoms with Crippen molar-refractivity contribution in [2.24, 2.45) is 0 Å². The van der Waals surface area contributed by atoms with Gasteiger partial charge in [0.25, 0.3) is 0 Å². The number of thiocarbonyl (C=S) groups is 2. The number of aryl methyl sites for hydroxylation is 1. The van der Waals surface area contributed by atoms with Crippen LogP contribution in [0.4, 0.5) is 20.2 Å². The van der Waals surface area contributed by atoms with Gasteiger partial charge in [0, 0.05) is 11.4 Å². The van der Waals surface area contributed by atoms with E-state index in [1.54, 1.807) is 12.1 Å². The zero-order valence-electron chi connectivity index (χ0n) is 13.2. The lowest BCUT2D eigenvalue weighted by Crippen LogP contribution is -2.45. The molecule has 0 aliphatic rings. The Morgan fingerprint density at radius 1 is 0.920 bits per heavy atom. The van der Waals surface area contributed by atoms with Crippen molar-refractivity contribution in [1.82, 2.24) is 10.9 Å². The van der Waals surface area contributed by atoms with Crippen molar-refractivity contribution in [3.63, 3.8) is 0 Å². The molecule has 0 aliphatic heterocycles. The maximum atomic E-state index is 12.1. The molecule has 0 atom stereocenters. The van der Waals surface area contributed by atoms with E-state index in [9.17, 15) is 8.78 Å². The van der Waals surface area contributed by atoms with Crippen molar-refractivity contribution in [2.75, 3.05) is 10.6 Å². The van der Waals surface area contributed by atoms with Crippen molar-refractivity contribution in [1.29, 1.82) is 0 Å². The second kappa shape index (κ2) is 9.09. The van der Waals surface area contributed by atoms with E-state index in [2.05, 4.69) is 26.2 Å². The number of hydrogen-bond donors (Lipinski definition) is 4. The third-order valence-corrected chi connectivity index (χ3v) is 3.31. The molecule has 0 aromatic heterocycles. The zero-order chi connectivity index (χ0) is 18.2. The fraction of sp³-hybridized carbons (Fsp3) is 0.125. The third kappa shape index (κ3) is 6.86. The van der Waals surface area contributed by atoms with Crippen molar-refractivity contribution >= 4 is 46.0 Å². The maximum absolute atomic E-state index is 12.1. The van der Waals surface area contributed by atoms with Crippen molar-refractivity contribution in [3.05, 3.63) is 54.1 Å². The van der Waals surface area contributed by atoms with Gasteiger partial charge in [-0.15, -0.1) is 0 Å². The van der Waals surface area contributed by atoms with Gasteiger partial charge in [0.15, 0.2) is 10.2 Å². The first-order valence-corrected chi connectivity index (χ1v) is 7.99. The maximum Gasteiger partial charge on any atom is 0.387 e. The summed E-state index contributed by atoms with van der Waals surface area (Å²) >= 11 is 10.3. The normalized spacial score (nSPS) is 10.1. The number of anilines is 2. The molecule has 0 radical (unpaired) electrons. The van der Waals surface area contributed by atoms with Gasteiger partial charge in [0.1, 0.15) is 5.75 Å². The predicted molar refractivity (Wildman–Crippen MR) is 103 cm³/mol. The van der Waals surface area contributed by atoms with E-state index in [1.165, 1.54) is 12.1 Å². The molecule has 0 amide bonds. The van der Waals surface area contributed by atoms with Gasteiger partial charge < -0.3 is 15.4 Å². The molecule has 9 heteroatoms. The smallest absolute Gasteiger partial charge is 0.387 e. The van der Waals surface area contributed by atoms with E-state index < -0.39 is 6.61 Å². The first-order chi connectivity index (χ1) is 11.9. The molecule has 2 rings (SSSR count). The molecule has 0 bridgehead atoms. The Hall–Kier alpha value is -2.52. The molecule has 0 spiro atoms. The van der Waals surface area contributed by atoms with Crippen LogP contribution in [0.15, 0.2) is 48.5 Å².